The number of methoxy groups -OCH3 is 1. The molecule has 1 fully saturated rings. The molecule has 1 N–H and O–H groups in total. The summed E-state index contributed by atoms with van der Waals surface area (Å²) in [6.45, 7) is 2.15. The largest absolute Gasteiger partial charge is 0.469 e. The van der Waals surface area contributed by atoms with Crippen LogP contribution in [0.2, 0.25) is 0 Å². The van der Waals surface area contributed by atoms with Gasteiger partial charge in [0.15, 0.2) is 0 Å². The molecular formula is C11H21NO3. The highest BCUT2D eigenvalue weighted by atomic mass is 16.5. The number of aliphatic hydroxyl groups excluding tert-OH is 1. The Morgan fingerprint density at radius 1 is 1.53 bits per heavy atom. The molecule has 15 heavy (non-hydrogen) atoms. The van der Waals surface area contributed by atoms with Gasteiger partial charge in [0.25, 0.3) is 0 Å². The Kier molecular flexibility index (Phi) is 5.65. The van der Waals surface area contributed by atoms with E-state index >= 15 is 0 Å². The Hall–Kier alpha value is -0.610. The first-order valence-electron chi connectivity index (χ1n) is 5.69. The summed E-state index contributed by atoms with van der Waals surface area (Å²) in [6.07, 6.45) is 4.74. The average Bonchev–Trinajstić information content (AvgIpc) is 2.28. The number of likely N-dealkylation sites (tertiary alicyclic amines) is 1. The van der Waals surface area contributed by atoms with E-state index in [1.54, 1.807) is 0 Å². The van der Waals surface area contributed by atoms with E-state index in [1.165, 1.54) is 20.0 Å². The monoisotopic (exact) mass is 215 g/mol. The van der Waals surface area contributed by atoms with Crippen molar-refractivity contribution in [2.75, 3.05) is 26.8 Å². The van der Waals surface area contributed by atoms with Crippen LogP contribution in [0.1, 0.15) is 32.1 Å². The van der Waals surface area contributed by atoms with Crippen molar-refractivity contribution in [1.29, 1.82) is 0 Å². The first-order valence-corrected chi connectivity index (χ1v) is 5.69. The summed E-state index contributed by atoms with van der Waals surface area (Å²) in [7, 11) is 1.43. The SMILES string of the molecule is COC(=O)CC1CCCCN1CCCO. The molecular weight excluding hydrogens is 194 g/mol. The molecule has 1 atom stereocenters. The number of esters is 1. The molecule has 1 aliphatic heterocycles. The van der Waals surface area contributed by atoms with E-state index in [2.05, 4.69) is 4.90 Å². The minimum absolute atomic E-state index is 0.129. The van der Waals surface area contributed by atoms with Crippen LogP contribution >= 0.6 is 0 Å². The fraction of sp³-hybridized carbons (Fsp3) is 0.909. The number of carbonyl (C=O) groups excluding carboxylic acids is 1. The molecule has 88 valence electrons. The summed E-state index contributed by atoms with van der Waals surface area (Å²) in [4.78, 5) is 13.5. The van der Waals surface area contributed by atoms with E-state index in [4.69, 9.17) is 9.84 Å². The lowest BCUT2D eigenvalue weighted by molar-refractivity contribution is -0.142. The van der Waals surface area contributed by atoms with E-state index in [-0.39, 0.29) is 12.6 Å². The van der Waals surface area contributed by atoms with Crippen molar-refractivity contribution in [3.8, 4) is 0 Å². The van der Waals surface area contributed by atoms with Crippen LogP contribution in [-0.4, -0.2) is 48.8 Å². The smallest absolute Gasteiger partial charge is 0.307 e. The van der Waals surface area contributed by atoms with Crippen LogP contribution in [-0.2, 0) is 9.53 Å². The van der Waals surface area contributed by atoms with Crippen molar-refractivity contribution >= 4 is 5.97 Å². The van der Waals surface area contributed by atoms with Crippen molar-refractivity contribution in [2.45, 2.75) is 38.1 Å². The lowest BCUT2D eigenvalue weighted by Gasteiger charge is -2.34. The lowest BCUT2D eigenvalue weighted by atomic mass is 9.99. The molecule has 4 heteroatoms. The number of hydrogen-bond donors (Lipinski definition) is 1. The predicted molar refractivity (Wildman–Crippen MR) is 57.5 cm³/mol. The van der Waals surface area contributed by atoms with Crippen LogP contribution in [0.4, 0.5) is 0 Å². The zero-order chi connectivity index (χ0) is 11.1. The third-order valence-corrected chi connectivity index (χ3v) is 2.98. The molecule has 0 aromatic carbocycles. The molecule has 0 aliphatic carbocycles. The van der Waals surface area contributed by atoms with Gasteiger partial charge in [-0.1, -0.05) is 6.42 Å². The maximum atomic E-state index is 11.2. The molecule has 0 saturated carbocycles. The highest BCUT2D eigenvalue weighted by Crippen LogP contribution is 2.20. The van der Waals surface area contributed by atoms with E-state index in [9.17, 15) is 4.79 Å². The molecule has 0 aromatic heterocycles. The van der Waals surface area contributed by atoms with E-state index in [0.717, 1.165) is 25.9 Å². The Balaban J connectivity index is 2.38. The fourth-order valence-corrected chi connectivity index (χ4v) is 2.14. The minimum Gasteiger partial charge on any atom is -0.469 e. The van der Waals surface area contributed by atoms with Gasteiger partial charge in [-0.15, -0.1) is 0 Å². The Labute approximate surface area is 91.2 Å². The van der Waals surface area contributed by atoms with Crippen molar-refractivity contribution < 1.29 is 14.6 Å². The maximum absolute atomic E-state index is 11.2. The van der Waals surface area contributed by atoms with Gasteiger partial charge in [-0.2, -0.15) is 0 Å². The molecule has 1 saturated heterocycles. The first-order chi connectivity index (χ1) is 7.27. The molecule has 0 spiro atoms. The van der Waals surface area contributed by atoms with Crippen molar-refractivity contribution in [3.05, 3.63) is 0 Å². The Bertz CT molecular complexity index is 196. The molecule has 0 bridgehead atoms. The lowest BCUT2D eigenvalue weighted by Crippen LogP contribution is -2.41. The summed E-state index contributed by atoms with van der Waals surface area (Å²) < 4.78 is 4.69. The van der Waals surface area contributed by atoms with Gasteiger partial charge in [0.2, 0.25) is 0 Å². The summed E-state index contributed by atoms with van der Waals surface area (Å²) in [5, 5.41) is 8.79. The molecule has 1 aliphatic rings. The molecule has 0 amide bonds. The van der Waals surface area contributed by atoms with Gasteiger partial charge < -0.3 is 9.84 Å². The molecule has 1 heterocycles. The molecule has 0 aromatic rings. The van der Waals surface area contributed by atoms with Gasteiger partial charge in [-0.05, 0) is 25.8 Å². The second kappa shape index (κ2) is 6.80. The number of rotatable bonds is 5. The number of nitrogens with zero attached hydrogens (tertiary/aromatic N) is 1. The zero-order valence-corrected chi connectivity index (χ0v) is 9.45. The van der Waals surface area contributed by atoms with Gasteiger partial charge in [0.05, 0.1) is 13.5 Å². The minimum atomic E-state index is -0.129. The van der Waals surface area contributed by atoms with Crippen molar-refractivity contribution in [1.82, 2.24) is 4.90 Å². The third kappa shape index (κ3) is 4.18. The normalized spacial score (nSPS) is 22.7. The predicted octanol–water partition coefficient (Wildman–Crippen LogP) is 0.786. The standard InChI is InChI=1S/C11H21NO3/c1-15-11(14)9-10-5-2-3-6-12(10)7-4-8-13/h10,13H,2-9H2,1H3. The highest BCUT2D eigenvalue weighted by Gasteiger charge is 2.24. The molecule has 0 radical (unpaired) electrons. The number of piperidine rings is 1. The fourth-order valence-electron chi connectivity index (χ4n) is 2.14. The van der Waals surface area contributed by atoms with Crippen molar-refractivity contribution in [2.24, 2.45) is 0 Å². The van der Waals surface area contributed by atoms with Crippen LogP contribution < -0.4 is 0 Å². The number of carbonyl (C=O) groups is 1. The van der Waals surface area contributed by atoms with Crippen LogP contribution in [0.25, 0.3) is 0 Å². The van der Waals surface area contributed by atoms with Crippen LogP contribution in [0.3, 0.4) is 0 Å². The zero-order valence-electron chi connectivity index (χ0n) is 9.45. The maximum Gasteiger partial charge on any atom is 0.307 e. The first kappa shape index (κ1) is 12.5. The Morgan fingerprint density at radius 2 is 2.33 bits per heavy atom. The average molecular weight is 215 g/mol. The summed E-state index contributed by atoms with van der Waals surface area (Å²) in [6, 6.07) is 0.317. The van der Waals surface area contributed by atoms with Gasteiger partial charge in [0, 0.05) is 19.2 Å². The van der Waals surface area contributed by atoms with Crippen LogP contribution in [0.5, 0.6) is 0 Å². The Morgan fingerprint density at radius 3 is 3.00 bits per heavy atom. The van der Waals surface area contributed by atoms with E-state index in [0.29, 0.717) is 12.5 Å². The van der Waals surface area contributed by atoms with Crippen molar-refractivity contribution in [3.63, 3.8) is 0 Å². The van der Waals surface area contributed by atoms with E-state index < -0.39 is 0 Å². The summed E-state index contributed by atoms with van der Waals surface area (Å²) >= 11 is 0. The van der Waals surface area contributed by atoms with E-state index in [1.807, 2.05) is 0 Å². The van der Waals surface area contributed by atoms with Crippen LogP contribution in [0.15, 0.2) is 0 Å². The third-order valence-electron chi connectivity index (χ3n) is 2.98. The van der Waals surface area contributed by atoms with Gasteiger partial charge in [-0.25, -0.2) is 0 Å². The second-order valence-corrected chi connectivity index (χ2v) is 4.04. The van der Waals surface area contributed by atoms with Gasteiger partial charge >= 0.3 is 5.97 Å². The number of ether oxygens (including phenoxy) is 1. The highest BCUT2D eigenvalue weighted by molar-refractivity contribution is 5.69. The molecule has 1 rings (SSSR count). The number of aliphatic hydroxyl groups is 1. The quantitative estimate of drug-likeness (QED) is 0.689. The van der Waals surface area contributed by atoms with Crippen LogP contribution in [0, 0.1) is 0 Å². The topological polar surface area (TPSA) is 49.8 Å². The van der Waals surface area contributed by atoms with Gasteiger partial charge in [-0.3, -0.25) is 9.69 Å². The summed E-state index contributed by atoms with van der Waals surface area (Å²) in [5.41, 5.74) is 0. The summed E-state index contributed by atoms with van der Waals surface area (Å²) in [5.74, 6) is -0.129. The van der Waals surface area contributed by atoms with Gasteiger partial charge in [0.1, 0.15) is 0 Å². The molecule has 1 unspecified atom stereocenters. The molecule has 4 nitrogen and oxygen atoms in total. The number of hydrogen-bond acceptors (Lipinski definition) is 4. The second-order valence-electron chi connectivity index (χ2n) is 4.04.